The van der Waals surface area contributed by atoms with Crippen molar-refractivity contribution in [3.05, 3.63) is 65.2 Å². The molecule has 0 bridgehead atoms. The van der Waals surface area contributed by atoms with Gasteiger partial charge in [0, 0.05) is 5.54 Å². The molecule has 1 N–H and O–H groups in total. The van der Waals surface area contributed by atoms with E-state index in [9.17, 15) is 0 Å². The summed E-state index contributed by atoms with van der Waals surface area (Å²) in [6.45, 7) is 14.1. The standard InChI is InChI=1S/C22H29NSi/c1-16-15-18-13-10-14-19(17-11-8-7-9-12-17)20(18)21(16)24(5,6)23-22(2,3)4/h7-14,23H,15H2,1-6H3. The van der Waals surface area contributed by atoms with Crippen LogP contribution in [0.2, 0.25) is 13.1 Å². The van der Waals surface area contributed by atoms with E-state index in [-0.39, 0.29) is 5.54 Å². The van der Waals surface area contributed by atoms with Crippen molar-refractivity contribution in [2.45, 2.75) is 52.7 Å². The fourth-order valence-corrected chi connectivity index (χ4v) is 8.41. The largest absolute Gasteiger partial charge is 0.329 e. The summed E-state index contributed by atoms with van der Waals surface area (Å²) in [5, 5.41) is 1.60. The molecule has 126 valence electrons. The second kappa shape index (κ2) is 6.02. The molecule has 0 saturated carbocycles. The maximum atomic E-state index is 3.97. The maximum Gasteiger partial charge on any atom is 0.152 e. The van der Waals surface area contributed by atoms with Gasteiger partial charge in [-0.15, -0.1) is 0 Å². The molecule has 2 aromatic carbocycles. The number of fused-ring (bicyclic) bond motifs is 1. The van der Waals surface area contributed by atoms with Crippen LogP contribution in [0.25, 0.3) is 16.3 Å². The Kier molecular flexibility index (Phi) is 4.31. The van der Waals surface area contributed by atoms with Crippen molar-refractivity contribution in [2.24, 2.45) is 0 Å². The van der Waals surface area contributed by atoms with E-state index in [1.54, 1.807) is 10.8 Å². The third-order valence-corrected chi connectivity index (χ3v) is 7.98. The molecule has 0 amide bonds. The molecule has 1 nitrogen and oxygen atoms in total. The molecule has 0 radical (unpaired) electrons. The van der Waals surface area contributed by atoms with Crippen LogP contribution < -0.4 is 4.98 Å². The molecule has 2 heteroatoms. The van der Waals surface area contributed by atoms with Crippen molar-refractivity contribution in [3.8, 4) is 11.1 Å². The van der Waals surface area contributed by atoms with Gasteiger partial charge in [0.2, 0.25) is 0 Å². The van der Waals surface area contributed by atoms with E-state index in [1.165, 1.54) is 22.3 Å². The Labute approximate surface area is 147 Å². The monoisotopic (exact) mass is 335 g/mol. The van der Waals surface area contributed by atoms with E-state index in [1.807, 2.05) is 0 Å². The van der Waals surface area contributed by atoms with Crippen molar-refractivity contribution >= 4 is 13.4 Å². The highest BCUT2D eigenvalue weighted by Gasteiger charge is 2.37. The summed E-state index contributed by atoms with van der Waals surface area (Å²) < 4.78 is 0. The van der Waals surface area contributed by atoms with Crippen molar-refractivity contribution in [2.75, 3.05) is 0 Å². The Morgan fingerprint density at radius 1 is 0.917 bits per heavy atom. The Hall–Kier alpha value is -1.64. The zero-order valence-electron chi connectivity index (χ0n) is 15.8. The molecular formula is C22H29NSi. The molecule has 0 fully saturated rings. The number of hydrogen-bond acceptors (Lipinski definition) is 1. The minimum absolute atomic E-state index is 0.132. The van der Waals surface area contributed by atoms with Gasteiger partial charge in [-0.2, -0.15) is 0 Å². The Bertz CT molecular complexity index is 779. The molecule has 0 unspecified atom stereocenters. The number of allylic oxidation sites excluding steroid dienone is 1. The molecule has 1 aliphatic rings. The molecular weight excluding hydrogens is 306 g/mol. The van der Waals surface area contributed by atoms with Crippen LogP contribution in [0, 0.1) is 0 Å². The molecule has 0 aliphatic heterocycles. The van der Waals surface area contributed by atoms with E-state index in [0.29, 0.717) is 0 Å². The minimum atomic E-state index is -1.75. The van der Waals surface area contributed by atoms with Crippen LogP contribution >= 0.6 is 0 Å². The SMILES string of the molecule is CC1=C([Si](C)(C)NC(C)(C)C)c2c(cccc2-c2ccccc2)C1. The highest BCUT2D eigenvalue weighted by atomic mass is 28.3. The van der Waals surface area contributed by atoms with Crippen LogP contribution in [0.1, 0.15) is 38.8 Å². The Morgan fingerprint density at radius 2 is 1.58 bits per heavy atom. The molecule has 3 rings (SSSR count). The zero-order valence-corrected chi connectivity index (χ0v) is 16.8. The van der Waals surface area contributed by atoms with Crippen LogP contribution in [0.4, 0.5) is 0 Å². The fraction of sp³-hybridized carbons (Fsp3) is 0.364. The number of nitrogens with one attached hydrogen (secondary N) is 1. The molecule has 0 atom stereocenters. The van der Waals surface area contributed by atoms with Gasteiger partial charge in [-0.1, -0.05) is 67.2 Å². The van der Waals surface area contributed by atoms with Gasteiger partial charge in [-0.3, -0.25) is 0 Å². The summed E-state index contributed by atoms with van der Waals surface area (Å²) in [6.07, 6.45) is 1.09. The second-order valence-corrected chi connectivity index (χ2v) is 12.5. The average Bonchev–Trinajstić information content (AvgIpc) is 2.82. The number of benzene rings is 2. The van der Waals surface area contributed by atoms with Crippen LogP contribution in [0.3, 0.4) is 0 Å². The van der Waals surface area contributed by atoms with E-state index in [4.69, 9.17) is 0 Å². The summed E-state index contributed by atoms with van der Waals surface area (Å²) in [5.41, 5.74) is 7.36. The lowest BCUT2D eigenvalue weighted by Gasteiger charge is -2.36. The normalized spacial score (nSPS) is 14.9. The third-order valence-electron chi connectivity index (χ3n) is 4.68. The van der Waals surface area contributed by atoms with Gasteiger partial charge in [-0.05, 0) is 61.6 Å². The van der Waals surface area contributed by atoms with Gasteiger partial charge in [0.15, 0.2) is 8.24 Å². The lowest BCUT2D eigenvalue weighted by molar-refractivity contribution is 0.515. The van der Waals surface area contributed by atoms with Crippen LogP contribution in [-0.4, -0.2) is 13.8 Å². The Balaban J connectivity index is 2.16. The molecule has 0 spiro atoms. The quantitative estimate of drug-likeness (QED) is 0.697. The third kappa shape index (κ3) is 3.26. The minimum Gasteiger partial charge on any atom is -0.329 e. The zero-order chi connectivity index (χ0) is 17.5. The van der Waals surface area contributed by atoms with E-state index < -0.39 is 8.24 Å². The molecule has 0 saturated heterocycles. The van der Waals surface area contributed by atoms with Gasteiger partial charge in [0.1, 0.15) is 0 Å². The highest BCUT2D eigenvalue weighted by Crippen LogP contribution is 2.43. The highest BCUT2D eigenvalue weighted by molar-refractivity contribution is 6.93. The first-order valence-electron chi connectivity index (χ1n) is 8.86. The number of hydrogen-bond donors (Lipinski definition) is 1. The number of rotatable bonds is 3. The first-order valence-corrected chi connectivity index (χ1v) is 11.9. The van der Waals surface area contributed by atoms with Gasteiger partial charge in [0.05, 0.1) is 0 Å². The lowest BCUT2D eigenvalue weighted by Crippen LogP contribution is -2.55. The fourth-order valence-electron chi connectivity index (χ4n) is 4.33. The van der Waals surface area contributed by atoms with Gasteiger partial charge in [-0.25, -0.2) is 0 Å². The Morgan fingerprint density at radius 3 is 2.21 bits per heavy atom. The van der Waals surface area contributed by atoms with Gasteiger partial charge < -0.3 is 4.98 Å². The van der Waals surface area contributed by atoms with Crippen molar-refractivity contribution < 1.29 is 0 Å². The maximum absolute atomic E-state index is 3.97. The molecule has 24 heavy (non-hydrogen) atoms. The van der Waals surface area contributed by atoms with Gasteiger partial charge >= 0.3 is 0 Å². The lowest BCUT2D eigenvalue weighted by atomic mass is 9.97. The summed E-state index contributed by atoms with van der Waals surface area (Å²) in [6, 6.07) is 17.6. The summed E-state index contributed by atoms with van der Waals surface area (Å²) in [5.74, 6) is 0. The molecule has 2 aromatic rings. The first kappa shape index (κ1) is 17.2. The summed E-state index contributed by atoms with van der Waals surface area (Å²) in [7, 11) is -1.75. The van der Waals surface area contributed by atoms with Crippen LogP contribution in [0.5, 0.6) is 0 Å². The topological polar surface area (TPSA) is 12.0 Å². The van der Waals surface area contributed by atoms with E-state index in [0.717, 1.165) is 6.42 Å². The predicted molar refractivity (Wildman–Crippen MR) is 109 cm³/mol. The summed E-state index contributed by atoms with van der Waals surface area (Å²) in [4.78, 5) is 3.97. The molecule has 0 aromatic heterocycles. The molecule has 0 heterocycles. The average molecular weight is 336 g/mol. The summed E-state index contributed by atoms with van der Waals surface area (Å²) >= 11 is 0. The molecule has 1 aliphatic carbocycles. The second-order valence-electron chi connectivity index (χ2n) is 8.54. The van der Waals surface area contributed by atoms with Crippen LogP contribution in [-0.2, 0) is 6.42 Å². The van der Waals surface area contributed by atoms with E-state index >= 15 is 0 Å². The van der Waals surface area contributed by atoms with Crippen molar-refractivity contribution in [3.63, 3.8) is 0 Å². The first-order chi connectivity index (χ1) is 11.2. The van der Waals surface area contributed by atoms with Gasteiger partial charge in [0.25, 0.3) is 0 Å². The smallest absolute Gasteiger partial charge is 0.152 e. The van der Waals surface area contributed by atoms with E-state index in [2.05, 4.69) is 94.3 Å². The van der Waals surface area contributed by atoms with Crippen molar-refractivity contribution in [1.82, 2.24) is 4.98 Å². The van der Waals surface area contributed by atoms with Crippen LogP contribution in [0.15, 0.2) is 54.1 Å². The van der Waals surface area contributed by atoms with Crippen molar-refractivity contribution in [1.29, 1.82) is 0 Å². The predicted octanol–water partition coefficient (Wildman–Crippen LogP) is 5.82.